The molecular formula is C18H18O3. The Balaban J connectivity index is 2.03. The highest BCUT2D eigenvalue weighted by molar-refractivity contribution is 6.03. The van der Waals surface area contributed by atoms with Crippen molar-refractivity contribution in [2.75, 3.05) is 7.11 Å². The molecule has 21 heavy (non-hydrogen) atoms. The predicted octanol–water partition coefficient (Wildman–Crippen LogP) is 3.79. The Bertz CT molecular complexity index is 615. The van der Waals surface area contributed by atoms with E-state index >= 15 is 0 Å². The van der Waals surface area contributed by atoms with Crippen molar-refractivity contribution >= 4 is 11.6 Å². The van der Waals surface area contributed by atoms with Gasteiger partial charge < -0.3 is 4.74 Å². The van der Waals surface area contributed by atoms with Gasteiger partial charge in [0.25, 0.3) is 0 Å². The molecule has 0 aliphatic heterocycles. The van der Waals surface area contributed by atoms with Gasteiger partial charge in [0.15, 0.2) is 11.6 Å². The second-order valence-corrected chi connectivity index (χ2v) is 4.99. The first-order valence-electron chi connectivity index (χ1n) is 6.88. The lowest BCUT2D eigenvalue weighted by molar-refractivity contribution is 0.0863. The molecule has 0 fully saturated rings. The molecular weight excluding hydrogens is 264 g/mol. The SMILES string of the molecule is COc1ccc(C(=O)C(C)CC(=O)c2ccccc2)cc1. The second-order valence-electron chi connectivity index (χ2n) is 4.99. The Morgan fingerprint density at radius 1 is 0.952 bits per heavy atom. The van der Waals surface area contributed by atoms with Crippen LogP contribution in [0.1, 0.15) is 34.1 Å². The van der Waals surface area contributed by atoms with Crippen molar-refractivity contribution in [1.29, 1.82) is 0 Å². The second kappa shape index (κ2) is 6.84. The number of carbonyl (C=O) groups excluding carboxylic acids is 2. The third-order valence-corrected chi connectivity index (χ3v) is 3.41. The summed E-state index contributed by atoms with van der Waals surface area (Å²) in [6, 6.07) is 16.0. The molecule has 0 amide bonds. The molecule has 0 saturated carbocycles. The average Bonchev–Trinajstić information content (AvgIpc) is 2.55. The third kappa shape index (κ3) is 3.78. The molecule has 2 rings (SSSR count). The summed E-state index contributed by atoms with van der Waals surface area (Å²) in [4.78, 5) is 24.4. The third-order valence-electron chi connectivity index (χ3n) is 3.41. The number of benzene rings is 2. The minimum absolute atomic E-state index is 0.00929. The fraction of sp³-hybridized carbons (Fsp3) is 0.222. The van der Waals surface area contributed by atoms with E-state index in [1.54, 1.807) is 50.4 Å². The van der Waals surface area contributed by atoms with Gasteiger partial charge in [0.1, 0.15) is 5.75 Å². The standard InChI is InChI=1S/C18H18O3/c1-13(12-17(19)14-6-4-3-5-7-14)18(20)15-8-10-16(21-2)11-9-15/h3-11,13H,12H2,1-2H3. The summed E-state index contributed by atoms with van der Waals surface area (Å²) in [5, 5.41) is 0. The molecule has 108 valence electrons. The number of hydrogen-bond acceptors (Lipinski definition) is 3. The van der Waals surface area contributed by atoms with Gasteiger partial charge in [-0.3, -0.25) is 9.59 Å². The highest BCUT2D eigenvalue weighted by Crippen LogP contribution is 2.18. The highest BCUT2D eigenvalue weighted by Gasteiger charge is 2.19. The van der Waals surface area contributed by atoms with Crippen LogP contribution in [0.3, 0.4) is 0 Å². The number of rotatable bonds is 6. The molecule has 2 aromatic rings. The zero-order valence-corrected chi connectivity index (χ0v) is 12.2. The molecule has 0 spiro atoms. The van der Waals surface area contributed by atoms with E-state index in [1.807, 2.05) is 18.2 Å². The van der Waals surface area contributed by atoms with Gasteiger partial charge in [0.05, 0.1) is 7.11 Å². The summed E-state index contributed by atoms with van der Waals surface area (Å²) in [6.07, 6.45) is 0.217. The summed E-state index contributed by atoms with van der Waals surface area (Å²) in [5.41, 5.74) is 1.25. The molecule has 1 unspecified atom stereocenters. The Labute approximate surface area is 124 Å². The van der Waals surface area contributed by atoms with E-state index in [4.69, 9.17) is 4.74 Å². The molecule has 0 saturated heterocycles. The van der Waals surface area contributed by atoms with Crippen LogP contribution in [0.25, 0.3) is 0 Å². The Kier molecular flexibility index (Phi) is 4.88. The van der Waals surface area contributed by atoms with E-state index in [1.165, 1.54) is 0 Å². The maximum Gasteiger partial charge on any atom is 0.166 e. The summed E-state index contributed by atoms with van der Waals surface area (Å²) < 4.78 is 5.07. The van der Waals surface area contributed by atoms with Crippen LogP contribution in [0.4, 0.5) is 0 Å². The van der Waals surface area contributed by atoms with Crippen molar-refractivity contribution < 1.29 is 14.3 Å². The quantitative estimate of drug-likeness (QED) is 0.757. The van der Waals surface area contributed by atoms with Crippen molar-refractivity contribution in [3.8, 4) is 5.75 Å². The molecule has 3 heteroatoms. The molecule has 0 aromatic heterocycles. The van der Waals surface area contributed by atoms with E-state index in [2.05, 4.69) is 0 Å². The van der Waals surface area contributed by atoms with E-state index in [9.17, 15) is 9.59 Å². The number of carbonyl (C=O) groups is 2. The molecule has 3 nitrogen and oxygen atoms in total. The van der Waals surface area contributed by atoms with Crippen LogP contribution in [-0.2, 0) is 0 Å². The molecule has 0 N–H and O–H groups in total. The van der Waals surface area contributed by atoms with Crippen LogP contribution < -0.4 is 4.74 Å². The van der Waals surface area contributed by atoms with Crippen LogP contribution in [0.2, 0.25) is 0 Å². The molecule has 1 atom stereocenters. The molecule has 2 aromatic carbocycles. The van der Waals surface area contributed by atoms with Crippen molar-refractivity contribution in [1.82, 2.24) is 0 Å². The molecule has 0 radical (unpaired) electrons. The first-order chi connectivity index (χ1) is 10.1. The molecule has 0 aliphatic carbocycles. The lowest BCUT2D eigenvalue weighted by Gasteiger charge is -2.10. The molecule has 0 heterocycles. The van der Waals surface area contributed by atoms with Crippen molar-refractivity contribution in [3.05, 3.63) is 65.7 Å². The first kappa shape index (κ1) is 15.0. The van der Waals surface area contributed by atoms with E-state index < -0.39 is 0 Å². The number of methoxy groups -OCH3 is 1. The van der Waals surface area contributed by atoms with Gasteiger partial charge in [-0.25, -0.2) is 0 Å². The number of ether oxygens (including phenoxy) is 1. The van der Waals surface area contributed by atoms with Gasteiger partial charge in [-0.05, 0) is 24.3 Å². The molecule has 0 aliphatic rings. The normalized spacial score (nSPS) is 11.7. The smallest absolute Gasteiger partial charge is 0.166 e. The summed E-state index contributed by atoms with van der Waals surface area (Å²) >= 11 is 0. The number of ketones is 2. The Morgan fingerprint density at radius 2 is 1.57 bits per heavy atom. The maximum atomic E-state index is 12.3. The maximum absolute atomic E-state index is 12.3. The van der Waals surface area contributed by atoms with Crippen LogP contribution in [0, 0.1) is 5.92 Å². The summed E-state index contributed by atoms with van der Waals surface area (Å²) in [7, 11) is 1.58. The lowest BCUT2D eigenvalue weighted by atomic mass is 9.92. The van der Waals surface area contributed by atoms with Crippen molar-refractivity contribution in [2.45, 2.75) is 13.3 Å². The lowest BCUT2D eigenvalue weighted by Crippen LogP contribution is -2.16. The topological polar surface area (TPSA) is 43.4 Å². The van der Waals surface area contributed by atoms with Crippen LogP contribution in [0.15, 0.2) is 54.6 Å². The van der Waals surface area contributed by atoms with Gasteiger partial charge >= 0.3 is 0 Å². The van der Waals surface area contributed by atoms with Crippen LogP contribution in [-0.4, -0.2) is 18.7 Å². The van der Waals surface area contributed by atoms with E-state index in [0.29, 0.717) is 16.9 Å². The van der Waals surface area contributed by atoms with Gasteiger partial charge in [0.2, 0.25) is 0 Å². The largest absolute Gasteiger partial charge is 0.497 e. The Morgan fingerprint density at radius 3 is 2.14 bits per heavy atom. The molecule has 0 bridgehead atoms. The van der Waals surface area contributed by atoms with Crippen LogP contribution in [0.5, 0.6) is 5.75 Å². The summed E-state index contributed by atoms with van der Waals surface area (Å²) in [6.45, 7) is 1.79. The minimum Gasteiger partial charge on any atom is -0.497 e. The van der Waals surface area contributed by atoms with Crippen molar-refractivity contribution in [2.24, 2.45) is 5.92 Å². The fourth-order valence-corrected chi connectivity index (χ4v) is 2.15. The van der Waals surface area contributed by atoms with Crippen molar-refractivity contribution in [3.63, 3.8) is 0 Å². The average molecular weight is 282 g/mol. The van der Waals surface area contributed by atoms with E-state index in [-0.39, 0.29) is 23.9 Å². The monoisotopic (exact) mass is 282 g/mol. The summed E-state index contributed by atoms with van der Waals surface area (Å²) in [5.74, 6) is 0.331. The first-order valence-corrected chi connectivity index (χ1v) is 6.88. The zero-order chi connectivity index (χ0) is 15.2. The Hall–Kier alpha value is -2.42. The highest BCUT2D eigenvalue weighted by atomic mass is 16.5. The van der Waals surface area contributed by atoms with Gasteiger partial charge in [-0.2, -0.15) is 0 Å². The minimum atomic E-state index is -0.342. The van der Waals surface area contributed by atoms with Crippen LogP contribution >= 0.6 is 0 Å². The fourth-order valence-electron chi connectivity index (χ4n) is 2.15. The number of Topliss-reactive ketones (excluding diaryl/α,β-unsaturated/α-hetero) is 2. The number of hydrogen-bond donors (Lipinski definition) is 0. The van der Waals surface area contributed by atoms with E-state index in [0.717, 1.165) is 0 Å². The predicted molar refractivity (Wildman–Crippen MR) is 81.9 cm³/mol. The van der Waals surface area contributed by atoms with Gasteiger partial charge in [-0.15, -0.1) is 0 Å². The van der Waals surface area contributed by atoms with Gasteiger partial charge in [-0.1, -0.05) is 37.3 Å². The van der Waals surface area contributed by atoms with Gasteiger partial charge in [0, 0.05) is 23.5 Å². The zero-order valence-electron chi connectivity index (χ0n) is 12.2.